The number of benzene rings is 1. The van der Waals surface area contributed by atoms with Crippen molar-refractivity contribution in [3.63, 3.8) is 0 Å². The summed E-state index contributed by atoms with van der Waals surface area (Å²) in [4.78, 5) is 0. The molecule has 2 N–H and O–H groups in total. The van der Waals surface area contributed by atoms with E-state index in [0.29, 0.717) is 24.3 Å². The highest BCUT2D eigenvalue weighted by Crippen LogP contribution is 2.26. The van der Waals surface area contributed by atoms with Crippen LogP contribution in [0.2, 0.25) is 5.02 Å². The Morgan fingerprint density at radius 2 is 2.10 bits per heavy atom. The van der Waals surface area contributed by atoms with E-state index in [4.69, 9.17) is 16.3 Å². The van der Waals surface area contributed by atoms with Gasteiger partial charge < -0.3 is 15.2 Å². The summed E-state index contributed by atoms with van der Waals surface area (Å²) in [6, 6.07) is 5.64. The number of hydrogen-bond donors (Lipinski definition) is 2. The van der Waals surface area contributed by atoms with Gasteiger partial charge in [-0.15, -0.1) is 0 Å². The fourth-order valence-electron chi connectivity index (χ4n) is 2.54. The van der Waals surface area contributed by atoms with E-state index < -0.39 is 6.10 Å². The largest absolute Gasteiger partial charge is 0.389 e. The van der Waals surface area contributed by atoms with Crippen LogP contribution >= 0.6 is 27.5 Å². The molecule has 1 unspecified atom stereocenters. The predicted molar refractivity (Wildman–Crippen MR) is 91.0 cm³/mol. The molecular formula is C16H23BrClNO2. The maximum absolute atomic E-state index is 9.99. The summed E-state index contributed by atoms with van der Waals surface area (Å²) < 4.78 is 6.67. The summed E-state index contributed by atoms with van der Waals surface area (Å²) in [5.41, 5.74) is 0.897. The molecule has 1 atom stereocenters. The second-order valence-corrected chi connectivity index (χ2v) is 7.14. The minimum atomic E-state index is -0.508. The van der Waals surface area contributed by atoms with Crippen molar-refractivity contribution in [3.8, 4) is 0 Å². The van der Waals surface area contributed by atoms with E-state index in [1.807, 2.05) is 18.2 Å². The predicted octanol–water partition coefficient (Wildman–Crippen LogP) is 4.47. The number of aliphatic hydroxyl groups is 1. The fourth-order valence-corrected chi connectivity index (χ4v) is 2.97. The van der Waals surface area contributed by atoms with Gasteiger partial charge in [0, 0.05) is 16.7 Å². The zero-order valence-corrected chi connectivity index (χ0v) is 14.7. The smallest absolute Gasteiger partial charge is 0.0945 e. The highest BCUT2D eigenvalue weighted by atomic mass is 79.9. The van der Waals surface area contributed by atoms with Crippen molar-refractivity contribution >= 4 is 33.2 Å². The van der Waals surface area contributed by atoms with E-state index >= 15 is 0 Å². The maximum Gasteiger partial charge on any atom is 0.0945 e. The Morgan fingerprint density at radius 3 is 2.76 bits per heavy atom. The van der Waals surface area contributed by atoms with Crippen LogP contribution < -0.4 is 5.32 Å². The third-order valence-electron chi connectivity index (χ3n) is 3.95. The van der Waals surface area contributed by atoms with Crippen molar-refractivity contribution < 1.29 is 9.84 Å². The summed E-state index contributed by atoms with van der Waals surface area (Å²) in [7, 11) is 0. The molecule has 0 radical (unpaired) electrons. The Morgan fingerprint density at radius 1 is 1.38 bits per heavy atom. The molecule has 0 bridgehead atoms. The number of hydrogen-bond acceptors (Lipinski definition) is 3. The van der Waals surface area contributed by atoms with Crippen LogP contribution in [0.3, 0.4) is 0 Å². The molecular weight excluding hydrogens is 354 g/mol. The monoisotopic (exact) mass is 375 g/mol. The second kappa shape index (κ2) is 8.37. The van der Waals surface area contributed by atoms with Gasteiger partial charge in [0.2, 0.25) is 0 Å². The first-order chi connectivity index (χ1) is 10.0. The van der Waals surface area contributed by atoms with Crippen molar-refractivity contribution in [2.24, 2.45) is 5.92 Å². The molecule has 0 aliphatic heterocycles. The molecule has 0 aromatic heterocycles. The van der Waals surface area contributed by atoms with Crippen LogP contribution in [0.15, 0.2) is 22.7 Å². The summed E-state index contributed by atoms with van der Waals surface area (Å²) in [6.45, 7) is 3.13. The number of nitrogens with one attached hydrogen (secondary N) is 1. The molecule has 1 aromatic rings. The molecule has 5 heteroatoms. The molecule has 1 fully saturated rings. The Bertz CT molecular complexity index is 450. The first-order valence-corrected chi connectivity index (χ1v) is 8.70. The van der Waals surface area contributed by atoms with Crippen LogP contribution in [0.1, 0.15) is 32.6 Å². The molecule has 1 saturated carbocycles. The van der Waals surface area contributed by atoms with Crippen molar-refractivity contribution in [1.29, 1.82) is 0 Å². The molecule has 0 heterocycles. The number of ether oxygens (including phenoxy) is 1. The van der Waals surface area contributed by atoms with Crippen LogP contribution in [-0.2, 0) is 4.74 Å². The third-order valence-corrected chi connectivity index (χ3v) is 5.18. The first kappa shape index (κ1) is 17.1. The van der Waals surface area contributed by atoms with E-state index in [1.54, 1.807) is 0 Å². The number of aliphatic hydroxyl groups excluding tert-OH is 1. The van der Waals surface area contributed by atoms with Gasteiger partial charge in [0.15, 0.2) is 0 Å². The zero-order valence-electron chi connectivity index (χ0n) is 12.3. The van der Waals surface area contributed by atoms with Gasteiger partial charge >= 0.3 is 0 Å². The lowest BCUT2D eigenvalue weighted by Crippen LogP contribution is -2.29. The van der Waals surface area contributed by atoms with E-state index in [9.17, 15) is 5.11 Å². The van der Waals surface area contributed by atoms with Crippen molar-refractivity contribution in [2.45, 2.75) is 44.8 Å². The molecule has 0 spiro atoms. The van der Waals surface area contributed by atoms with Gasteiger partial charge in [-0.05, 0) is 65.7 Å². The highest BCUT2D eigenvalue weighted by molar-refractivity contribution is 9.10. The Kier molecular flexibility index (Phi) is 6.80. The van der Waals surface area contributed by atoms with Gasteiger partial charge in [0.05, 0.1) is 23.8 Å². The van der Waals surface area contributed by atoms with Crippen LogP contribution in [-0.4, -0.2) is 30.5 Å². The molecule has 2 rings (SSSR count). The molecule has 118 valence electrons. The standard InChI is InChI=1S/C16H23BrClNO2/c1-11-2-5-14(6-3-11)21-10-13(20)9-19-12-4-7-15(17)16(18)8-12/h4,7-8,11,13-14,19-20H,2-3,5-6,9-10H2,1H3. The van der Waals surface area contributed by atoms with Crippen LogP contribution in [0.4, 0.5) is 5.69 Å². The Hall–Kier alpha value is -0.290. The highest BCUT2D eigenvalue weighted by Gasteiger charge is 2.19. The summed E-state index contributed by atoms with van der Waals surface area (Å²) in [6.07, 6.45) is 4.50. The fraction of sp³-hybridized carbons (Fsp3) is 0.625. The summed E-state index contributed by atoms with van der Waals surface area (Å²) in [5, 5.41) is 13.8. The number of rotatable bonds is 6. The van der Waals surface area contributed by atoms with E-state index in [1.165, 1.54) is 12.8 Å². The van der Waals surface area contributed by atoms with E-state index in [2.05, 4.69) is 28.2 Å². The Labute approximate surface area is 140 Å². The average Bonchev–Trinajstić information content (AvgIpc) is 2.48. The topological polar surface area (TPSA) is 41.5 Å². The van der Waals surface area contributed by atoms with E-state index in [0.717, 1.165) is 28.9 Å². The molecule has 1 aliphatic rings. The second-order valence-electron chi connectivity index (χ2n) is 5.88. The van der Waals surface area contributed by atoms with Gasteiger partial charge in [0.1, 0.15) is 0 Å². The molecule has 3 nitrogen and oxygen atoms in total. The zero-order chi connectivity index (χ0) is 15.2. The minimum absolute atomic E-state index is 0.318. The maximum atomic E-state index is 9.99. The summed E-state index contributed by atoms with van der Waals surface area (Å²) >= 11 is 9.38. The summed E-state index contributed by atoms with van der Waals surface area (Å²) in [5.74, 6) is 0.818. The lowest BCUT2D eigenvalue weighted by Gasteiger charge is -2.27. The van der Waals surface area contributed by atoms with Gasteiger partial charge in [-0.25, -0.2) is 0 Å². The Balaban J connectivity index is 1.67. The third kappa shape index (κ3) is 5.78. The SMILES string of the molecule is CC1CCC(OCC(O)CNc2ccc(Br)c(Cl)c2)CC1. The average molecular weight is 377 g/mol. The molecule has 0 amide bonds. The quantitative estimate of drug-likeness (QED) is 0.769. The molecule has 1 aromatic carbocycles. The van der Waals surface area contributed by atoms with Gasteiger partial charge in [0.25, 0.3) is 0 Å². The molecule has 1 aliphatic carbocycles. The lowest BCUT2D eigenvalue weighted by molar-refractivity contribution is -0.0245. The van der Waals surface area contributed by atoms with Crippen LogP contribution in [0, 0.1) is 5.92 Å². The molecule has 0 saturated heterocycles. The lowest BCUT2D eigenvalue weighted by atomic mass is 9.89. The van der Waals surface area contributed by atoms with E-state index in [-0.39, 0.29) is 0 Å². The minimum Gasteiger partial charge on any atom is -0.389 e. The molecule has 21 heavy (non-hydrogen) atoms. The number of halogens is 2. The van der Waals surface area contributed by atoms with Gasteiger partial charge in [-0.3, -0.25) is 0 Å². The van der Waals surface area contributed by atoms with Gasteiger partial charge in [-0.2, -0.15) is 0 Å². The first-order valence-electron chi connectivity index (χ1n) is 7.53. The van der Waals surface area contributed by atoms with Crippen molar-refractivity contribution in [2.75, 3.05) is 18.5 Å². The van der Waals surface area contributed by atoms with Crippen molar-refractivity contribution in [1.82, 2.24) is 0 Å². The normalized spacial score (nSPS) is 23.8. The van der Waals surface area contributed by atoms with Crippen LogP contribution in [0.5, 0.6) is 0 Å². The number of anilines is 1. The van der Waals surface area contributed by atoms with Crippen molar-refractivity contribution in [3.05, 3.63) is 27.7 Å². The van der Waals surface area contributed by atoms with Crippen LogP contribution in [0.25, 0.3) is 0 Å². The van der Waals surface area contributed by atoms with Gasteiger partial charge in [-0.1, -0.05) is 18.5 Å².